The summed E-state index contributed by atoms with van der Waals surface area (Å²) in [5, 5.41) is 0.989. The van der Waals surface area contributed by atoms with Crippen molar-refractivity contribution in [3.8, 4) is 0 Å². The summed E-state index contributed by atoms with van der Waals surface area (Å²) in [6.07, 6.45) is 2.06. The van der Waals surface area contributed by atoms with Gasteiger partial charge in [0.2, 0.25) is 0 Å². The average molecular weight is 428 g/mol. The molecule has 0 spiro atoms. The van der Waals surface area contributed by atoms with Crippen LogP contribution < -0.4 is 4.90 Å². The molecule has 2 heterocycles. The van der Waals surface area contributed by atoms with Crippen LogP contribution in [0.5, 0.6) is 0 Å². The van der Waals surface area contributed by atoms with Crippen molar-refractivity contribution in [2.45, 2.75) is 4.90 Å². The predicted molar refractivity (Wildman–Crippen MR) is 117 cm³/mol. The Kier molecular flexibility index (Phi) is 5.73. The summed E-state index contributed by atoms with van der Waals surface area (Å²) in [6, 6.07) is 13.0. The highest BCUT2D eigenvalue weighted by Crippen LogP contribution is 2.34. The molecule has 1 amide bonds. The molecule has 150 valence electrons. The Morgan fingerprint density at radius 1 is 1.03 bits per heavy atom. The zero-order valence-corrected chi connectivity index (χ0v) is 17.9. The van der Waals surface area contributed by atoms with E-state index in [-0.39, 0.29) is 5.91 Å². The number of benzene rings is 2. The molecule has 2 aromatic carbocycles. The first kappa shape index (κ1) is 19.7. The number of thiazole rings is 1. The summed E-state index contributed by atoms with van der Waals surface area (Å²) in [6.45, 7) is 2.58. The smallest absolute Gasteiger partial charge is 0.338 e. The normalized spacial score (nSPS) is 14.3. The van der Waals surface area contributed by atoms with Gasteiger partial charge in [-0.2, -0.15) is 0 Å². The summed E-state index contributed by atoms with van der Waals surface area (Å²) in [4.78, 5) is 35.0. The van der Waals surface area contributed by atoms with E-state index in [0.29, 0.717) is 37.3 Å². The number of ether oxygens (including phenoxy) is 1. The molecule has 0 bridgehead atoms. The largest absolute Gasteiger partial charge is 0.465 e. The summed E-state index contributed by atoms with van der Waals surface area (Å²) < 4.78 is 5.99. The molecule has 1 aliphatic heterocycles. The highest BCUT2D eigenvalue weighted by atomic mass is 32.2. The Labute approximate surface area is 177 Å². The molecule has 0 aliphatic carbocycles. The number of carbonyl (C=O) groups is 2. The van der Waals surface area contributed by atoms with Crippen LogP contribution in [0.3, 0.4) is 0 Å². The van der Waals surface area contributed by atoms with Crippen molar-refractivity contribution < 1.29 is 14.3 Å². The zero-order valence-electron chi connectivity index (χ0n) is 16.3. The number of fused-ring (bicyclic) bond motifs is 1. The third-order valence-electron chi connectivity index (χ3n) is 4.99. The van der Waals surface area contributed by atoms with Crippen molar-refractivity contribution in [1.29, 1.82) is 0 Å². The van der Waals surface area contributed by atoms with Crippen molar-refractivity contribution in [1.82, 2.24) is 9.88 Å². The van der Waals surface area contributed by atoms with Crippen LogP contribution in [0.25, 0.3) is 10.2 Å². The predicted octanol–water partition coefficient (Wildman–Crippen LogP) is 3.77. The van der Waals surface area contributed by atoms with Crippen molar-refractivity contribution in [2.75, 3.05) is 44.4 Å². The summed E-state index contributed by atoms with van der Waals surface area (Å²) in [5.41, 5.74) is 1.74. The number of carbonyl (C=O) groups excluding carboxylic acids is 2. The second kappa shape index (κ2) is 8.42. The Balaban J connectivity index is 1.49. The molecule has 0 radical (unpaired) electrons. The molecule has 0 N–H and O–H groups in total. The number of aromatic nitrogens is 1. The molecule has 8 heteroatoms. The number of hydrogen-bond acceptors (Lipinski definition) is 7. The van der Waals surface area contributed by atoms with Crippen molar-refractivity contribution in [2.24, 2.45) is 0 Å². The van der Waals surface area contributed by atoms with Gasteiger partial charge in [0.05, 0.1) is 28.5 Å². The second-order valence-corrected chi connectivity index (χ2v) is 8.48. The van der Waals surface area contributed by atoms with E-state index >= 15 is 0 Å². The molecule has 1 aromatic heterocycles. The van der Waals surface area contributed by atoms with E-state index in [9.17, 15) is 9.59 Å². The van der Waals surface area contributed by atoms with Gasteiger partial charge in [-0.25, -0.2) is 9.78 Å². The monoisotopic (exact) mass is 427 g/mol. The highest BCUT2D eigenvalue weighted by molar-refractivity contribution is 7.98. The van der Waals surface area contributed by atoms with Gasteiger partial charge in [-0.3, -0.25) is 4.79 Å². The number of anilines is 1. The first-order chi connectivity index (χ1) is 14.1. The number of piperazine rings is 1. The molecule has 1 fully saturated rings. The van der Waals surface area contributed by atoms with Crippen LogP contribution in [0.2, 0.25) is 0 Å². The lowest BCUT2D eigenvalue weighted by Crippen LogP contribution is -2.49. The lowest BCUT2D eigenvalue weighted by atomic mass is 10.1. The maximum Gasteiger partial charge on any atom is 0.338 e. The van der Waals surface area contributed by atoms with Crippen LogP contribution in [0.1, 0.15) is 20.7 Å². The van der Waals surface area contributed by atoms with Crippen LogP contribution in [-0.4, -0.2) is 61.3 Å². The fraction of sp³-hybridized carbons (Fsp3) is 0.286. The standard InChI is InChI=1S/C21H21N3O3S2/c1-27-20(26)15-7-4-3-6-14(15)19(25)23-10-12-24(13-11-23)21-22-18-16(28-2)8-5-9-17(18)29-21/h3-9H,10-13H2,1-2H3. The van der Waals surface area contributed by atoms with E-state index in [1.807, 2.05) is 0 Å². The minimum absolute atomic E-state index is 0.139. The van der Waals surface area contributed by atoms with Gasteiger partial charge in [-0.15, -0.1) is 11.8 Å². The zero-order chi connectivity index (χ0) is 20.4. The number of para-hydroxylation sites is 1. The van der Waals surface area contributed by atoms with Crippen molar-refractivity contribution in [3.63, 3.8) is 0 Å². The molecular weight excluding hydrogens is 406 g/mol. The highest BCUT2D eigenvalue weighted by Gasteiger charge is 2.27. The molecular formula is C21H21N3O3S2. The number of amides is 1. The fourth-order valence-corrected chi connectivity index (χ4v) is 5.11. The number of hydrogen-bond donors (Lipinski definition) is 0. The van der Waals surface area contributed by atoms with Gasteiger partial charge in [-0.1, -0.05) is 29.5 Å². The van der Waals surface area contributed by atoms with Gasteiger partial charge >= 0.3 is 5.97 Å². The van der Waals surface area contributed by atoms with Crippen LogP contribution in [-0.2, 0) is 4.74 Å². The summed E-state index contributed by atoms with van der Waals surface area (Å²) in [5.74, 6) is -0.633. The van der Waals surface area contributed by atoms with E-state index in [4.69, 9.17) is 9.72 Å². The maximum absolute atomic E-state index is 13.0. The average Bonchev–Trinajstić information content (AvgIpc) is 3.22. The number of nitrogens with zero attached hydrogens (tertiary/aromatic N) is 3. The van der Waals surface area contributed by atoms with Gasteiger partial charge in [0.15, 0.2) is 5.13 Å². The minimum atomic E-state index is -0.494. The lowest BCUT2D eigenvalue weighted by Gasteiger charge is -2.34. The van der Waals surface area contributed by atoms with E-state index in [2.05, 4.69) is 29.4 Å². The van der Waals surface area contributed by atoms with Crippen LogP contribution in [0.15, 0.2) is 47.4 Å². The van der Waals surface area contributed by atoms with Crippen molar-refractivity contribution >= 4 is 50.3 Å². The third kappa shape index (κ3) is 3.82. The Morgan fingerprint density at radius 3 is 2.45 bits per heavy atom. The van der Waals surface area contributed by atoms with Crippen LogP contribution in [0, 0.1) is 0 Å². The van der Waals surface area contributed by atoms with Crippen LogP contribution in [0.4, 0.5) is 5.13 Å². The van der Waals surface area contributed by atoms with E-state index in [0.717, 1.165) is 10.6 Å². The molecule has 0 saturated carbocycles. The van der Waals surface area contributed by atoms with Crippen molar-refractivity contribution in [3.05, 3.63) is 53.6 Å². The molecule has 0 atom stereocenters. The Morgan fingerprint density at radius 2 is 1.76 bits per heavy atom. The maximum atomic E-state index is 13.0. The first-order valence-corrected chi connectivity index (χ1v) is 11.3. The SMILES string of the molecule is COC(=O)c1ccccc1C(=O)N1CCN(c2nc3c(SC)cccc3s2)CC1. The van der Waals surface area contributed by atoms with Gasteiger partial charge in [0.25, 0.3) is 5.91 Å². The molecule has 1 saturated heterocycles. The first-order valence-electron chi connectivity index (χ1n) is 9.27. The second-order valence-electron chi connectivity index (χ2n) is 6.62. The quantitative estimate of drug-likeness (QED) is 0.467. The van der Waals surface area contributed by atoms with E-state index in [1.165, 1.54) is 16.7 Å². The Bertz CT molecular complexity index is 1060. The number of thioether (sulfide) groups is 1. The van der Waals surface area contributed by atoms with Crippen LogP contribution >= 0.6 is 23.1 Å². The Hall–Kier alpha value is -2.58. The van der Waals surface area contributed by atoms with Gasteiger partial charge in [0, 0.05) is 31.1 Å². The topological polar surface area (TPSA) is 62.7 Å². The molecule has 29 heavy (non-hydrogen) atoms. The lowest BCUT2D eigenvalue weighted by molar-refractivity contribution is 0.0589. The van der Waals surface area contributed by atoms with Gasteiger partial charge < -0.3 is 14.5 Å². The molecule has 4 rings (SSSR count). The summed E-state index contributed by atoms with van der Waals surface area (Å²) in [7, 11) is 1.32. The van der Waals surface area contributed by atoms with E-state index in [1.54, 1.807) is 52.3 Å². The molecule has 1 aliphatic rings. The summed E-state index contributed by atoms with van der Waals surface area (Å²) >= 11 is 3.39. The fourth-order valence-electron chi connectivity index (χ4n) is 3.44. The van der Waals surface area contributed by atoms with Gasteiger partial charge in [-0.05, 0) is 30.5 Å². The molecule has 3 aromatic rings. The number of methoxy groups -OCH3 is 1. The molecule has 6 nitrogen and oxygen atoms in total. The van der Waals surface area contributed by atoms with E-state index < -0.39 is 5.97 Å². The van der Waals surface area contributed by atoms with Gasteiger partial charge in [0.1, 0.15) is 0 Å². The molecule has 0 unspecified atom stereocenters. The number of esters is 1. The minimum Gasteiger partial charge on any atom is -0.465 e. The number of rotatable bonds is 4. The third-order valence-corrected chi connectivity index (χ3v) is 6.84.